The minimum Gasteiger partial charge on any atom is -0.318 e. The van der Waals surface area contributed by atoms with Gasteiger partial charge in [-0.1, -0.05) is 45.8 Å². The average molecular weight is 374 g/mol. The van der Waals surface area contributed by atoms with Crippen LogP contribution in [0.5, 0.6) is 0 Å². The maximum absolute atomic E-state index is 11.8. The van der Waals surface area contributed by atoms with Gasteiger partial charge in [0.25, 0.3) is 0 Å². The van der Waals surface area contributed by atoms with Gasteiger partial charge in [0, 0.05) is 10.2 Å². The summed E-state index contributed by atoms with van der Waals surface area (Å²) < 4.78 is 0.887. The van der Waals surface area contributed by atoms with Crippen molar-refractivity contribution in [1.82, 2.24) is 5.43 Å². The third kappa shape index (κ3) is 5.03. The molecule has 0 unspecified atom stereocenters. The van der Waals surface area contributed by atoms with Gasteiger partial charge < -0.3 is 5.32 Å². The van der Waals surface area contributed by atoms with Gasteiger partial charge in [0.1, 0.15) is 0 Å². The Hall–Kier alpha value is -2.47. The smallest absolute Gasteiger partial charge is 0.318 e. The van der Waals surface area contributed by atoms with Crippen molar-refractivity contribution in [2.75, 3.05) is 5.32 Å². The Bertz CT molecular complexity index is 737. The summed E-state index contributed by atoms with van der Waals surface area (Å²) in [6.45, 7) is 3.75. The number of hydrazone groups is 1. The maximum Gasteiger partial charge on any atom is 0.329 e. The van der Waals surface area contributed by atoms with Crippen LogP contribution in [0.1, 0.15) is 18.1 Å². The highest BCUT2D eigenvalue weighted by molar-refractivity contribution is 9.10. The molecular weight excluding hydrogens is 358 g/mol. The molecule has 0 spiro atoms. The van der Waals surface area contributed by atoms with E-state index in [4.69, 9.17) is 0 Å². The summed E-state index contributed by atoms with van der Waals surface area (Å²) in [7, 11) is 0. The number of halogens is 1. The number of anilines is 1. The number of hydrogen-bond donors (Lipinski definition) is 2. The second-order valence-corrected chi connectivity index (χ2v) is 5.88. The molecule has 6 heteroatoms. The molecule has 5 nitrogen and oxygen atoms in total. The van der Waals surface area contributed by atoms with Gasteiger partial charge in [-0.3, -0.25) is 9.59 Å². The van der Waals surface area contributed by atoms with Gasteiger partial charge in [-0.15, -0.1) is 0 Å². The van der Waals surface area contributed by atoms with Crippen LogP contribution >= 0.6 is 15.9 Å². The molecule has 0 aromatic heterocycles. The highest BCUT2D eigenvalue weighted by Crippen LogP contribution is 2.13. The summed E-state index contributed by atoms with van der Waals surface area (Å²) in [5.74, 6) is -1.59. The largest absolute Gasteiger partial charge is 0.329 e. The van der Waals surface area contributed by atoms with Crippen molar-refractivity contribution >= 4 is 39.1 Å². The van der Waals surface area contributed by atoms with Crippen LogP contribution in [0.3, 0.4) is 0 Å². The summed E-state index contributed by atoms with van der Waals surface area (Å²) in [6.07, 6.45) is 0. The molecule has 0 aliphatic carbocycles. The van der Waals surface area contributed by atoms with Crippen molar-refractivity contribution in [1.29, 1.82) is 0 Å². The monoisotopic (exact) mass is 373 g/mol. The molecule has 0 saturated heterocycles. The van der Waals surface area contributed by atoms with E-state index in [0.717, 1.165) is 15.6 Å². The molecular formula is C17H16BrN3O2. The lowest BCUT2D eigenvalue weighted by atomic mass is 10.1. The minimum absolute atomic E-state index is 0.535. The van der Waals surface area contributed by atoms with Crippen LogP contribution in [-0.4, -0.2) is 17.5 Å². The Labute approximate surface area is 142 Å². The number of benzene rings is 2. The zero-order valence-electron chi connectivity index (χ0n) is 12.8. The van der Waals surface area contributed by atoms with Crippen molar-refractivity contribution < 1.29 is 9.59 Å². The zero-order valence-corrected chi connectivity index (χ0v) is 14.3. The van der Waals surface area contributed by atoms with Gasteiger partial charge in [-0.25, -0.2) is 5.43 Å². The average Bonchev–Trinajstić information content (AvgIpc) is 2.55. The predicted octanol–water partition coefficient (Wildman–Crippen LogP) is 3.24. The molecule has 2 amide bonds. The Kier molecular flexibility index (Phi) is 5.65. The van der Waals surface area contributed by atoms with E-state index in [2.05, 4.69) is 31.8 Å². The van der Waals surface area contributed by atoms with Crippen LogP contribution in [-0.2, 0) is 9.59 Å². The summed E-state index contributed by atoms with van der Waals surface area (Å²) in [5, 5.41) is 6.45. The van der Waals surface area contributed by atoms with Crippen molar-refractivity contribution in [3.63, 3.8) is 0 Å². The van der Waals surface area contributed by atoms with E-state index in [0.29, 0.717) is 11.4 Å². The topological polar surface area (TPSA) is 70.6 Å². The van der Waals surface area contributed by atoms with E-state index < -0.39 is 11.8 Å². The normalized spacial score (nSPS) is 11.0. The number of carbonyl (C=O) groups is 2. The second kappa shape index (κ2) is 7.69. The summed E-state index contributed by atoms with van der Waals surface area (Å²) >= 11 is 3.30. The molecule has 0 bridgehead atoms. The van der Waals surface area contributed by atoms with Crippen LogP contribution in [0.4, 0.5) is 5.69 Å². The summed E-state index contributed by atoms with van der Waals surface area (Å²) in [6, 6.07) is 14.6. The van der Waals surface area contributed by atoms with Crippen molar-refractivity contribution in [3.8, 4) is 0 Å². The highest BCUT2D eigenvalue weighted by Gasteiger charge is 2.13. The Morgan fingerprint density at radius 3 is 2.17 bits per heavy atom. The van der Waals surface area contributed by atoms with Crippen LogP contribution in [0, 0.1) is 6.92 Å². The fourth-order valence-electron chi connectivity index (χ4n) is 1.77. The lowest BCUT2D eigenvalue weighted by molar-refractivity contribution is -0.136. The number of carbonyl (C=O) groups excluding carboxylic acids is 2. The first-order chi connectivity index (χ1) is 11.0. The van der Waals surface area contributed by atoms with Gasteiger partial charge in [0.15, 0.2) is 0 Å². The Morgan fingerprint density at radius 2 is 1.57 bits per heavy atom. The molecule has 2 aromatic carbocycles. The number of aryl methyl sites for hydroxylation is 1. The quantitative estimate of drug-likeness (QED) is 0.492. The molecule has 0 heterocycles. The van der Waals surface area contributed by atoms with Gasteiger partial charge >= 0.3 is 11.8 Å². The summed E-state index contributed by atoms with van der Waals surface area (Å²) in [4.78, 5) is 23.6. The predicted molar refractivity (Wildman–Crippen MR) is 94.3 cm³/mol. The second-order valence-electron chi connectivity index (χ2n) is 4.97. The zero-order chi connectivity index (χ0) is 16.8. The van der Waals surface area contributed by atoms with Gasteiger partial charge in [-0.05, 0) is 43.7 Å². The molecule has 0 aliphatic heterocycles. The Morgan fingerprint density at radius 1 is 0.957 bits per heavy atom. The van der Waals surface area contributed by atoms with Crippen molar-refractivity contribution in [2.24, 2.45) is 5.10 Å². The molecule has 0 radical (unpaired) electrons. The highest BCUT2D eigenvalue weighted by atomic mass is 79.9. The molecule has 2 rings (SSSR count). The number of amides is 2. The number of rotatable bonds is 3. The number of hydrogen-bond acceptors (Lipinski definition) is 3. The van der Waals surface area contributed by atoms with Gasteiger partial charge in [0.05, 0.1) is 5.71 Å². The lowest BCUT2D eigenvalue weighted by Gasteiger charge is -2.05. The van der Waals surface area contributed by atoms with Gasteiger partial charge in [0.2, 0.25) is 0 Å². The molecule has 23 heavy (non-hydrogen) atoms. The lowest BCUT2D eigenvalue weighted by Crippen LogP contribution is -2.32. The SMILES string of the molecule is C/C(=N\NC(=O)C(=O)Nc1ccc(Br)cc1)c1ccc(C)cc1. The van der Waals surface area contributed by atoms with Gasteiger partial charge in [-0.2, -0.15) is 5.10 Å². The molecule has 0 saturated carbocycles. The van der Waals surface area contributed by atoms with E-state index in [1.54, 1.807) is 31.2 Å². The molecule has 0 atom stereocenters. The maximum atomic E-state index is 11.8. The fourth-order valence-corrected chi connectivity index (χ4v) is 2.03. The molecule has 0 fully saturated rings. The molecule has 2 aromatic rings. The molecule has 118 valence electrons. The summed E-state index contributed by atoms with van der Waals surface area (Å²) in [5.41, 5.74) is 5.43. The van der Waals surface area contributed by atoms with Crippen molar-refractivity contribution in [3.05, 3.63) is 64.1 Å². The van der Waals surface area contributed by atoms with E-state index >= 15 is 0 Å². The van der Waals surface area contributed by atoms with Crippen LogP contribution < -0.4 is 10.7 Å². The Balaban J connectivity index is 1.95. The minimum atomic E-state index is -0.820. The standard InChI is InChI=1S/C17H16BrN3O2/c1-11-3-5-13(6-4-11)12(2)20-21-17(23)16(22)19-15-9-7-14(18)8-10-15/h3-10H,1-2H3,(H,19,22)(H,21,23)/b20-12+. The molecule has 2 N–H and O–H groups in total. The van der Waals surface area contributed by atoms with Crippen molar-refractivity contribution in [2.45, 2.75) is 13.8 Å². The first-order valence-electron chi connectivity index (χ1n) is 6.94. The van der Waals surface area contributed by atoms with E-state index in [-0.39, 0.29) is 0 Å². The van der Waals surface area contributed by atoms with E-state index in [9.17, 15) is 9.59 Å². The van der Waals surface area contributed by atoms with Crippen LogP contribution in [0.25, 0.3) is 0 Å². The number of nitrogens with zero attached hydrogens (tertiary/aromatic N) is 1. The number of nitrogens with one attached hydrogen (secondary N) is 2. The fraction of sp³-hybridized carbons (Fsp3) is 0.118. The third-order valence-corrected chi connectivity index (χ3v) is 3.63. The molecule has 0 aliphatic rings. The first-order valence-corrected chi connectivity index (χ1v) is 7.73. The van der Waals surface area contributed by atoms with E-state index in [1.165, 1.54) is 0 Å². The first kappa shape index (κ1) is 16.9. The van der Waals surface area contributed by atoms with Crippen LogP contribution in [0.15, 0.2) is 58.1 Å². The van der Waals surface area contributed by atoms with Crippen LogP contribution in [0.2, 0.25) is 0 Å². The van der Waals surface area contributed by atoms with E-state index in [1.807, 2.05) is 31.2 Å². The third-order valence-electron chi connectivity index (χ3n) is 3.10.